The summed E-state index contributed by atoms with van der Waals surface area (Å²) < 4.78 is 29.6. The third-order valence-electron chi connectivity index (χ3n) is 5.93. The monoisotopic (exact) mass is 467 g/mol. The number of nitrogens with zero attached hydrogens (tertiary/aromatic N) is 5. The molecule has 0 spiro atoms. The van der Waals surface area contributed by atoms with E-state index in [0.29, 0.717) is 17.8 Å². The first-order valence-electron chi connectivity index (χ1n) is 11.1. The number of aryl methyl sites for hydroxylation is 1. The molecule has 9 heteroatoms. The van der Waals surface area contributed by atoms with Gasteiger partial charge in [0.05, 0.1) is 31.0 Å². The molecule has 4 aromatic rings. The number of thioether (sulfide) groups is 1. The standard InChI is InChI=1S/C24H26FN5O2S/c1-3-29-20-8-4-7-19(25)22(20)26-21(29)15-33-24-28-27-23(16-9-11-17(31-2)12-10-16)30(24)14-18-6-5-13-32-18/h4,7-12,18H,3,5-6,13-15H2,1-2H3. The molecule has 0 saturated carbocycles. The van der Waals surface area contributed by atoms with Gasteiger partial charge in [-0.1, -0.05) is 17.8 Å². The minimum Gasteiger partial charge on any atom is -0.497 e. The summed E-state index contributed by atoms with van der Waals surface area (Å²) in [4.78, 5) is 4.59. The van der Waals surface area contributed by atoms with Crippen LogP contribution in [0, 0.1) is 5.82 Å². The zero-order valence-electron chi connectivity index (χ0n) is 18.7. The highest BCUT2D eigenvalue weighted by atomic mass is 32.2. The molecule has 0 N–H and O–H groups in total. The first kappa shape index (κ1) is 21.9. The van der Waals surface area contributed by atoms with Gasteiger partial charge >= 0.3 is 0 Å². The Hall–Kier alpha value is -2.91. The van der Waals surface area contributed by atoms with Crippen LogP contribution >= 0.6 is 11.8 Å². The number of fused-ring (bicyclic) bond motifs is 1. The molecule has 5 rings (SSSR count). The van der Waals surface area contributed by atoms with Crippen LogP contribution in [0.15, 0.2) is 47.6 Å². The average Bonchev–Trinajstić information content (AvgIpc) is 3.57. The van der Waals surface area contributed by atoms with Crippen LogP contribution in [0.2, 0.25) is 0 Å². The molecular formula is C24H26FN5O2S. The molecule has 33 heavy (non-hydrogen) atoms. The van der Waals surface area contributed by atoms with E-state index in [1.54, 1.807) is 24.9 Å². The summed E-state index contributed by atoms with van der Waals surface area (Å²) in [5.41, 5.74) is 2.19. The summed E-state index contributed by atoms with van der Waals surface area (Å²) in [6, 6.07) is 12.9. The number of imidazole rings is 1. The number of benzene rings is 2. The van der Waals surface area contributed by atoms with E-state index >= 15 is 0 Å². The molecule has 2 aromatic carbocycles. The van der Waals surface area contributed by atoms with Crippen LogP contribution in [0.1, 0.15) is 25.6 Å². The lowest BCUT2D eigenvalue weighted by atomic mass is 10.2. The van der Waals surface area contributed by atoms with Gasteiger partial charge in [-0.3, -0.25) is 4.57 Å². The second-order valence-corrected chi connectivity index (χ2v) is 8.89. The Balaban J connectivity index is 1.45. The fourth-order valence-corrected chi connectivity index (χ4v) is 5.15. The molecule has 0 bridgehead atoms. The van der Waals surface area contributed by atoms with Gasteiger partial charge < -0.3 is 14.0 Å². The smallest absolute Gasteiger partial charge is 0.192 e. The van der Waals surface area contributed by atoms with Crippen LogP contribution < -0.4 is 4.74 Å². The number of aromatic nitrogens is 5. The highest BCUT2D eigenvalue weighted by molar-refractivity contribution is 7.98. The SMILES string of the molecule is CCn1c(CSc2nnc(-c3ccc(OC)cc3)n2CC2CCCO2)nc2c(F)cccc21. The molecular weight excluding hydrogens is 441 g/mol. The van der Waals surface area contributed by atoms with Gasteiger partial charge in [-0.15, -0.1) is 10.2 Å². The Kier molecular flexibility index (Phi) is 6.32. The van der Waals surface area contributed by atoms with Crippen molar-refractivity contribution < 1.29 is 13.9 Å². The summed E-state index contributed by atoms with van der Waals surface area (Å²) in [5, 5.41) is 9.80. The van der Waals surface area contributed by atoms with Crippen molar-refractivity contribution in [1.29, 1.82) is 0 Å². The third-order valence-corrected chi connectivity index (χ3v) is 6.89. The van der Waals surface area contributed by atoms with Crippen molar-refractivity contribution in [1.82, 2.24) is 24.3 Å². The van der Waals surface area contributed by atoms with Crippen molar-refractivity contribution in [2.24, 2.45) is 0 Å². The Labute approximate surface area is 195 Å². The normalized spacial score (nSPS) is 16.0. The van der Waals surface area contributed by atoms with Crippen LogP contribution in [0.3, 0.4) is 0 Å². The lowest BCUT2D eigenvalue weighted by molar-refractivity contribution is 0.0953. The van der Waals surface area contributed by atoms with Gasteiger partial charge in [0, 0.05) is 18.7 Å². The minimum absolute atomic E-state index is 0.145. The topological polar surface area (TPSA) is 67.0 Å². The quantitative estimate of drug-likeness (QED) is 0.342. The van der Waals surface area contributed by atoms with Crippen molar-refractivity contribution in [2.75, 3.05) is 13.7 Å². The number of ether oxygens (including phenoxy) is 2. The van der Waals surface area contributed by atoms with Gasteiger partial charge in [-0.2, -0.15) is 0 Å². The largest absolute Gasteiger partial charge is 0.497 e. The maximum atomic E-state index is 14.3. The van der Waals surface area contributed by atoms with Gasteiger partial charge in [-0.25, -0.2) is 9.37 Å². The van der Waals surface area contributed by atoms with Gasteiger partial charge in [-0.05, 0) is 56.2 Å². The molecule has 1 aliphatic rings. The molecule has 1 atom stereocenters. The summed E-state index contributed by atoms with van der Waals surface area (Å²) >= 11 is 1.56. The first-order chi connectivity index (χ1) is 16.2. The van der Waals surface area contributed by atoms with Crippen LogP contribution in [-0.4, -0.2) is 44.1 Å². The summed E-state index contributed by atoms with van der Waals surface area (Å²) in [6.07, 6.45) is 2.24. The molecule has 1 aliphatic heterocycles. The predicted molar refractivity (Wildman–Crippen MR) is 126 cm³/mol. The Morgan fingerprint density at radius 1 is 1.15 bits per heavy atom. The molecule has 0 radical (unpaired) electrons. The maximum Gasteiger partial charge on any atom is 0.192 e. The molecule has 0 aliphatic carbocycles. The molecule has 2 aromatic heterocycles. The Morgan fingerprint density at radius 3 is 2.73 bits per heavy atom. The van der Waals surface area contributed by atoms with Crippen molar-refractivity contribution >= 4 is 22.8 Å². The second-order valence-electron chi connectivity index (χ2n) is 7.95. The maximum absolute atomic E-state index is 14.3. The summed E-state index contributed by atoms with van der Waals surface area (Å²) in [7, 11) is 1.65. The number of hydrogen-bond donors (Lipinski definition) is 0. The van der Waals surface area contributed by atoms with Crippen molar-refractivity contribution in [3.8, 4) is 17.1 Å². The highest BCUT2D eigenvalue weighted by Gasteiger charge is 2.22. The van der Waals surface area contributed by atoms with Crippen molar-refractivity contribution in [3.63, 3.8) is 0 Å². The van der Waals surface area contributed by atoms with E-state index in [1.807, 2.05) is 37.3 Å². The third kappa shape index (κ3) is 4.35. The van der Waals surface area contributed by atoms with E-state index in [-0.39, 0.29) is 11.9 Å². The van der Waals surface area contributed by atoms with Gasteiger partial charge in [0.2, 0.25) is 0 Å². The van der Waals surface area contributed by atoms with E-state index < -0.39 is 0 Å². The number of para-hydroxylation sites is 1. The number of hydrogen-bond acceptors (Lipinski definition) is 6. The lowest BCUT2D eigenvalue weighted by Crippen LogP contribution is -2.16. The highest BCUT2D eigenvalue weighted by Crippen LogP contribution is 2.30. The van der Waals surface area contributed by atoms with Crippen molar-refractivity contribution in [3.05, 3.63) is 54.1 Å². The average molecular weight is 468 g/mol. The molecule has 3 heterocycles. The van der Waals surface area contributed by atoms with Gasteiger partial charge in [0.15, 0.2) is 16.8 Å². The number of rotatable bonds is 8. The second kappa shape index (κ2) is 9.52. The molecule has 7 nitrogen and oxygen atoms in total. The van der Waals surface area contributed by atoms with Crippen LogP contribution in [0.4, 0.5) is 4.39 Å². The van der Waals surface area contributed by atoms with Gasteiger partial charge in [0.25, 0.3) is 0 Å². The minimum atomic E-state index is -0.297. The van der Waals surface area contributed by atoms with Crippen LogP contribution in [0.25, 0.3) is 22.4 Å². The Morgan fingerprint density at radius 2 is 2.00 bits per heavy atom. The zero-order chi connectivity index (χ0) is 22.8. The van der Waals surface area contributed by atoms with Gasteiger partial charge in [0.1, 0.15) is 17.1 Å². The molecule has 1 fully saturated rings. The fraction of sp³-hybridized carbons (Fsp3) is 0.375. The first-order valence-corrected chi connectivity index (χ1v) is 12.1. The molecule has 1 saturated heterocycles. The summed E-state index contributed by atoms with van der Waals surface area (Å²) in [6.45, 7) is 4.24. The summed E-state index contributed by atoms with van der Waals surface area (Å²) in [5.74, 6) is 2.68. The molecule has 1 unspecified atom stereocenters. The zero-order valence-corrected chi connectivity index (χ0v) is 19.5. The van der Waals surface area contributed by atoms with E-state index in [1.165, 1.54) is 6.07 Å². The van der Waals surface area contributed by atoms with E-state index in [0.717, 1.165) is 59.6 Å². The number of methoxy groups -OCH3 is 1. The van der Waals surface area contributed by atoms with E-state index in [9.17, 15) is 4.39 Å². The van der Waals surface area contributed by atoms with Crippen LogP contribution in [-0.2, 0) is 23.6 Å². The fourth-order valence-electron chi connectivity index (χ4n) is 4.26. The van der Waals surface area contributed by atoms with Crippen molar-refractivity contribution in [2.45, 2.75) is 49.9 Å². The van der Waals surface area contributed by atoms with Crippen LogP contribution in [0.5, 0.6) is 5.75 Å². The Bertz CT molecular complexity index is 1250. The molecule has 172 valence electrons. The van der Waals surface area contributed by atoms with E-state index in [2.05, 4.69) is 24.3 Å². The predicted octanol–water partition coefficient (Wildman–Crippen LogP) is 4.93. The molecule has 0 amide bonds. The lowest BCUT2D eigenvalue weighted by Gasteiger charge is -2.15. The number of halogens is 1. The van der Waals surface area contributed by atoms with E-state index in [4.69, 9.17) is 9.47 Å².